The van der Waals surface area contributed by atoms with Gasteiger partial charge in [0.2, 0.25) is 5.54 Å². The molecule has 1 saturated heterocycles. The minimum Gasteiger partial charge on any atom is -0.508 e. The lowest BCUT2D eigenvalue weighted by Crippen LogP contribution is -2.67. The van der Waals surface area contributed by atoms with E-state index in [2.05, 4.69) is 0 Å². The van der Waals surface area contributed by atoms with Crippen LogP contribution in [-0.2, 0) is 37.0 Å². The van der Waals surface area contributed by atoms with Crippen LogP contribution in [0.5, 0.6) is 5.75 Å². The van der Waals surface area contributed by atoms with Gasteiger partial charge in [-0.1, -0.05) is 56.3 Å². The van der Waals surface area contributed by atoms with E-state index < -0.39 is 40.3 Å². The van der Waals surface area contributed by atoms with Crippen LogP contribution in [-0.4, -0.2) is 39.0 Å². The molecule has 0 radical (unpaired) electrons. The summed E-state index contributed by atoms with van der Waals surface area (Å²) in [5.74, 6) is -2.68. The van der Waals surface area contributed by atoms with E-state index in [-0.39, 0.29) is 24.6 Å². The molecule has 0 spiro atoms. The van der Waals surface area contributed by atoms with E-state index in [0.717, 1.165) is 10.6 Å². The van der Waals surface area contributed by atoms with E-state index in [1.807, 2.05) is 44.2 Å². The third kappa shape index (κ3) is 4.09. The number of phenols is 1. The Hall–Kier alpha value is -3.19. The van der Waals surface area contributed by atoms with Gasteiger partial charge in [-0.25, -0.2) is 4.79 Å². The number of benzene rings is 2. The fourth-order valence-corrected chi connectivity index (χ4v) is 4.83. The molecule has 7 nitrogen and oxygen atoms in total. The topological polar surface area (TPSA) is 93.1 Å². The van der Waals surface area contributed by atoms with Gasteiger partial charge in [0.15, 0.2) is 5.78 Å². The zero-order valence-electron chi connectivity index (χ0n) is 20.2. The van der Waals surface area contributed by atoms with Gasteiger partial charge in [-0.15, -0.1) is 0 Å². The molecule has 1 N–H and O–H groups in total. The molecule has 0 aromatic heterocycles. The summed E-state index contributed by atoms with van der Waals surface area (Å²) in [6, 6.07) is 15.4. The van der Waals surface area contributed by atoms with Crippen LogP contribution in [0.15, 0.2) is 54.6 Å². The van der Waals surface area contributed by atoms with Crippen LogP contribution in [0.4, 0.5) is 0 Å². The number of fused-ring (bicyclic) bond motifs is 1. The highest BCUT2D eigenvalue weighted by Gasteiger charge is 2.77. The molecule has 2 aromatic carbocycles. The van der Waals surface area contributed by atoms with E-state index in [0.29, 0.717) is 5.56 Å². The van der Waals surface area contributed by atoms with Gasteiger partial charge in [-0.3, -0.25) is 14.4 Å². The second-order valence-electron chi connectivity index (χ2n) is 10.7. The van der Waals surface area contributed by atoms with Crippen molar-refractivity contribution in [2.45, 2.75) is 58.8 Å². The first-order valence-electron chi connectivity index (χ1n) is 11.4. The van der Waals surface area contributed by atoms with Gasteiger partial charge in [0, 0.05) is 12.3 Å². The predicted octanol–water partition coefficient (Wildman–Crippen LogP) is 3.83. The van der Waals surface area contributed by atoms with Gasteiger partial charge < -0.3 is 9.84 Å². The Labute approximate surface area is 199 Å². The molecule has 34 heavy (non-hydrogen) atoms. The third-order valence-corrected chi connectivity index (χ3v) is 6.67. The summed E-state index contributed by atoms with van der Waals surface area (Å²) in [4.78, 5) is 47.5. The van der Waals surface area contributed by atoms with Gasteiger partial charge in [-0.05, 0) is 49.4 Å². The minimum atomic E-state index is -1.98. The molecule has 1 heterocycles. The molecule has 3 atom stereocenters. The summed E-state index contributed by atoms with van der Waals surface area (Å²) < 4.78 is 5.73. The molecular weight excluding hydrogens is 434 g/mol. The van der Waals surface area contributed by atoms with Gasteiger partial charge in [-0.2, -0.15) is 5.06 Å². The van der Waals surface area contributed by atoms with Crippen molar-refractivity contribution in [2.75, 3.05) is 0 Å². The lowest BCUT2D eigenvalue weighted by molar-refractivity contribution is -0.241. The maximum atomic E-state index is 14.0. The van der Waals surface area contributed by atoms with Crippen molar-refractivity contribution in [3.05, 3.63) is 65.7 Å². The molecule has 2 unspecified atom stereocenters. The molecule has 1 saturated carbocycles. The number of ketones is 1. The van der Waals surface area contributed by atoms with E-state index >= 15 is 0 Å². The lowest BCUT2D eigenvalue weighted by Gasteiger charge is -2.43. The van der Waals surface area contributed by atoms with Crippen molar-refractivity contribution in [1.29, 1.82) is 0 Å². The highest BCUT2D eigenvalue weighted by atomic mass is 16.7. The number of rotatable bonds is 6. The molecule has 0 bridgehead atoms. The number of hydroxylamine groups is 2. The van der Waals surface area contributed by atoms with Gasteiger partial charge in [0.25, 0.3) is 5.91 Å². The summed E-state index contributed by atoms with van der Waals surface area (Å²) >= 11 is 0. The number of amides is 1. The van der Waals surface area contributed by atoms with Gasteiger partial charge in [0.05, 0.1) is 5.92 Å². The fraction of sp³-hybridized carbons (Fsp3) is 0.444. The number of hydrogen-bond acceptors (Lipinski definition) is 6. The van der Waals surface area contributed by atoms with Crippen LogP contribution in [0.3, 0.4) is 0 Å². The number of nitrogens with zero attached hydrogens (tertiary/aromatic N) is 1. The standard InChI is InChI=1S/C27H31NO6/c1-25(2,3)34-24(32)27(15-17-11-13-19(29)14-12-17)22(30)20-21(26(20,4)5)23(31)28(27)33-16-18-9-7-6-8-10-18/h6-14,20-21,29H,15-16H2,1-5H3/t20?,21?,27-/m1/s1. The number of carbonyl (C=O) groups excluding carboxylic acids is 3. The molecule has 1 aliphatic carbocycles. The van der Waals surface area contributed by atoms with Crippen molar-refractivity contribution in [1.82, 2.24) is 5.06 Å². The summed E-state index contributed by atoms with van der Waals surface area (Å²) in [6.45, 7) is 8.88. The molecule has 2 fully saturated rings. The summed E-state index contributed by atoms with van der Waals surface area (Å²) in [5.41, 5.74) is -2.06. The lowest BCUT2D eigenvalue weighted by atomic mass is 9.80. The number of piperidine rings is 1. The average Bonchev–Trinajstić information content (AvgIpc) is 3.34. The van der Waals surface area contributed by atoms with E-state index in [1.165, 1.54) is 12.1 Å². The summed E-state index contributed by atoms with van der Waals surface area (Å²) in [5, 5.41) is 10.7. The molecule has 2 aliphatic rings. The van der Waals surface area contributed by atoms with E-state index in [4.69, 9.17) is 9.57 Å². The first-order valence-corrected chi connectivity index (χ1v) is 11.4. The van der Waals surface area contributed by atoms with Crippen LogP contribution in [0.2, 0.25) is 0 Å². The first-order chi connectivity index (χ1) is 15.9. The normalized spacial score (nSPS) is 25.6. The molecule has 4 rings (SSSR count). The van der Waals surface area contributed by atoms with E-state index in [1.54, 1.807) is 32.9 Å². The van der Waals surface area contributed by atoms with Gasteiger partial charge >= 0.3 is 5.97 Å². The highest BCUT2D eigenvalue weighted by molar-refractivity contribution is 6.18. The number of ether oxygens (including phenoxy) is 1. The minimum absolute atomic E-state index is 0.0117. The maximum absolute atomic E-state index is 14.0. The first kappa shape index (κ1) is 24.0. The van der Waals surface area contributed by atoms with Crippen LogP contribution >= 0.6 is 0 Å². The van der Waals surface area contributed by atoms with Crippen LogP contribution in [0.25, 0.3) is 0 Å². The van der Waals surface area contributed by atoms with E-state index in [9.17, 15) is 19.5 Å². The van der Waals surface area contributed by atoms with Crippen molar-refractivity contribution in [3.8, 4) is 5.75 Å². The zero-order chi connectivity index (χ0) is 24.9. The van der Waals surface area contributed by atoms with Crippen molar-refractivity contribution < 1.29 is 29.1 Å². The molecular formula is C27H31NO6. The largest absolute Gasteiger partial charge is 0.508 e. The third-order valence-electron chi connectivity index (χ3n) is 6.67. The Kier molecular flexibility index (Phi) is 5.80. The Balaban J connectivity index is 1.81. The summed E-state index contributed by atoms with van der Waals surface area (Å²) in [6.07, 6.45) is -0.124. The molecule has 7 heteroatoms. The number of esters is 1. The number of Topliss-reactive ketones (excluding diaryl/α,β-unsaturated/α-hetero) is 1. The quantitative estimate of drug-likeness (QED) is 0.515. The Morgan fingerprint density at radius 1 is 0.971 bits per heavy atom. The smallest absolute Gasteiger partial charge is 0.343 e. The monoisotopic (exact) mass is 465 g/mol. The second-order valence-corrected chi connectivity index (χ2v) is 10.7. The van der Waals surface area contributed by atoms with Crippen LogP contribution in [0, 0.1) is 17.3 Å². The number of aromatic hydroxyl groups is 1. The number of hydrogen-bond donors (Lipinski definition) is 1. The molecule has 1 amide bonds. The summed E-state index contributed by atoms with van der Waals surface area (Å²) in [7, 11) is 0. The average molecular weight is 466 g/mol. The second kappa shape index (κ2) is 8.24. The molecule has 2 aromatic rings. The Bertz CT molecular complexity index is 1100. The van der Waals surface area contributed by atoms with Crippen molar-refractivity contribution >= 4 is 17.7 Å². The molecule has 180 valence electrons. The van der Waals surface area contributed by atoms with Crippen LogP contribution in [0.1, 0.15) is 45.7 Å². The molecule has 1 aliphatic heterocycles. The highest BCUT2D eigenvalue weighted by Crippen LogP contribution is 2.64. The number of carbonyl (C=O) groups is 3. The Morgan fingerprint density at radius 2 is 1.59 bits per heavy atom. The van der Waals surface area contributed by atoms with Crippen molar-refractivity contribution in [3.63, 3.8) is 0 Å². The van der Waals surface area contributed by atoms with Crippen molar-refractivity contribution in [2.24, 2.45) is 17.3 Å². The van der Waals surface area contributed by atoms with Crippen LogP contribution < -0.4 is 0 Å². The maximum Gasteiger partial charge on any atom is 0.343 e. The fourth-order valence-electron chi connectivity index (χ4n) is 4.83. The van der Waals surface area contributed by atoms with Gasteiger partial charge in [0.1, 0.15) is 18.0 Å². The number of phenolic OH excluding ortho intramolecular Hbond substituents is 1. The Morgan fingerprint density at radius 3 is 2.18 bits per heavy atom. The predicted molar refractivity (Wildman–Crippen MR) is 124 cm³/mol. The SMILES string of the molecule is CC(C)(C)OC(=O)[C@@]1(Cc2ccc(O)cc2)C(=O)C2C(C(=O)N1OCc1ccccc1)C2(C)C. The zero-order valence-corrected chi connectivity index (χ0v) is 20.2.